The molecule has 1 aromatic rings. The molecule has 1 heterocycles. The topological polar surface area (TPSA) is 27.3 Å². The number of hydrogen-bond donors (Lipinski definition) is 2. The Morgan fingerprint density at radius 1 is 1.39 bits per heavy atom. The van der Waals surface area contributed by atoms with E-state index in [9.17, 15) is 0 Å². The van der Waals surface area contributed by atoms with Crippen molar-refractivity contribution in [2.24, 2.45) is 0 Å². The van der Waals surface area contributed by atoms with Crippen LogP contribution >= 0.6 is 0 Å². The lowest BCUT2D eigenvalue weighted by molar-refractivity contribution is 0.234. The molecule has 0 radical (unpaired) electrons. The van der Waals surface area contributed by atoms with Gasteiger partial charge in [0.25, 0.3) is 0 Å². The zero-order valence-electron chi connectivity index (χ0n) is 11.6. The van der Waals surface area contributed by atoms with Crippen LogP contribution in [0.2, 0.25) is 0 Å². The number of nitrogens with one attached hydrogen (secondary N) is 2. The highest BCUT2D eigenvalue weighted by Crippen LogP contribution is 2.15. The number of nitrogens with zero attached hydrogens (tertiary/aromatic N) is 1. The Balaban J connectivity index is 1.77. The first-order valence-corrected chi connectivity index (χ1v) is 7.03. The first-order valence-electron chi connectivity index (χ1n) is 7.03. The summed E-state index contributed by atoms with van der Waals surface area (Å²) in [5.41, 5.74) is 2.70. The van der Waals surface area contributed by atoms with E-state index in [2.05, 4.69) is 53.8 Å². The first-order chi connectivity index (χ1) is 8.79. The minimum absolute atomic E-state index is 0.630. The molecule has 3 nitrogen and oxygen atoms in total. The van der Waals surface area contributed by atoms with Crippen molar-refractivity contribution in [3.63, 3.8) is 0 Å². The van der Waals surface area contributed by atoms with Crippen LogP contribution in [0.15, 0.2) is 24.3 Å². The maximum Gasteiger partial charge on any atom is 0.0372 e. The Labute approximate surface area is 111 Å². The smallest absolute Gasteiger partial charge is 0.0372 e. The normalized spacial score (nSPS) is 20.9. The predicted octanol–water partition coefficient (Wildman–Crippen LogP) is 1.95. The highest BCUT2D eigenvalue weighted by Gasteiger charge is 2.15. The van der Waals surface area contributed by atoms with Gasteiger partial charge in [0.15, 0.2) is 0 Å². The van der Waals surface area contributed by atoms with E-state index in [1.807, 2.05) is 0 Å². The van der Waals surface area contributed by atoms with Gasteiger partial charge >= 0.3 is 0 Å². The SMILES string of the molecule is CCc1ccccc1NCCC1CN(C)CCN1. The van der Waals surface area contributed by atoms with E-state index in [-0.39, 0.29) is 0 Å². The molecule has 0 bridgehead atoms. The molecule has 2 N–H and O–H groups in total. The number of aryl methyl sites for hydroxylation is 1. The lowest BCUT2D eigenvalue weighted by Gasteiger charge is -2.31. The summed E-state index contributed by atoms with van der Waals surface area (Å²) in [5.74, 6) is 0. The Kier molecular flexibility index (Phi) is 5.02. The highest BCUT2D eigenvalue weighted by atomic mass is 15.2. The van der Waals surface area contributed by atoms with Crippen LogP contribution in [0.25, 0.3) is 0 Å². The van der Waals surface area contributed by atoms with Crippen LogP contribution in [-0.4, -0.2) is 44.2 Å². The molecular formula is C15H25N3. The fraction of sp³-hybridized carbons (Fsp3) is 0.600. The fourth-order valence-corrected chi connectivity index (χ4v) is 2.57. The van der Waals surface area contributed by atoms with Crippen molar-refractivity contribution in [2.75, 3.05) is 38.5 Å². The van der Waals surface area contributed by atoms with Crippen molar-refractivity contribution >= 4 is 5.69 Å². The van der Waals surface area contributed by atoms with Gasteiger partial charge in [-0.25, -0.2) is 0 Å². The quantitative estimate of drug-likeness (QED) is 0.833. The highest BCUT2D eigenvalue weighted by molar-refractivity contribution is 5.50. The van der Waals surface area contributed by atoms with Gasteiger partial charge in [-0.1, -0.05) is 25.1 Å². The van der Waals surface area contributed by atoms with Crippen LogP contribution in [0.4, 0.5) is 5.69 Å². The molecule has 0 aromatic heterocycles. The maximum absolute atomic E-state index is 3.58. The zero-order chi connectivity index (χ0) is 12.8. The second-order valence-electron chi connectivity index (χ2n) is 5.14. The number of benzene rings is 1. The third kappa shape index (κ3) is 3.72. The standard InChI is InChI=1S/C15H25N3/c1-3-13-6-4-5-7-15(13)17-9-8-14-12-18(2)11-10-16-14/h4-7,14,16-17H,3,8-12H2,1-2H3. The maximum atomic E-state index is 3.58. The van der Waals surface area contributed by atoms with Crippen molar-refractivity contribution in [3.8, 4) is 0 Å². The van der Waals surface area contributed by atoms with E-state index in [1.165, 1.54) is 24.2 Å². The molecule has 1 aromatic carbocycles. The fourth-order valence-electron chi connectivity index (χ4n) is 2.57. The van der Waals surface area contributed by atoms with Crippen LogP contribution in [0.3, 0.4) is 0 Å². The second-order valence-corrected chi connectivity index (χ2v) is 5.14. The van der Waals surface area contributed by atoms with Gasteiger partial charge in [0, 0.05) is 37.9 Å². The molecule has 1 unspecified atom stereocenters. The Morgan fingerprint density at radius 2 is 2.22 bits per heavy atom. The number of anilines is 1. The van der Waals surface area contributed by atoms with Gasteiger partial charge in [-0.2, -0.15) is 0 Å². The van der Waals surface area contributed by atoms with E-state index in [1.54, 1.807) is 0 Å². The summed E-state index contributed by atoms with van der Waals surface area (Å²) in [7, 11) is 2.20. The van der Waals surface area contributed by atoms with E-state index in [4.69, 9.17) is 0 Å². The summed E-state index contributed by atoms with van der Waals surface area (Å²) in [5, 5.41) is 7.15. The van der Waals surface area contributed by atoms with Crippen molar-refractivity contribution in [1.82, 2.24) is 10.2 Å². The molecule has 1 aliphatic rings. The molecule has 1 fully saturated rings. The van der Waals surface area contributed by atoms with Crippen LogP contribution in [0.1, 0.15) is 18.9 Å². The average molecular weight is 247 g/mol. The molecule has 0 spiro atoms. The molecule has 0 amide bonds. The third-order valence-corrected chi connectivity index (χ3v) is 3.67. The van der Waals surface area contributed by atoms with E-state index in [0.717, 1.165) is 26.1 Å². The second kappa shape index (κ2) is 6.76. The molecule has 18 heavy (non-hydrogen) atoms. The van der Waals surface area contributed by atoms with Crippen molar-refractivity contribution in [2.45, 2.75) is 25.8 Å². The molecule has 0 saturated carbocycles. The summed E-state index contributed by atoms with van der Waals surface area (Å²) in [4.78, 5) is 2.40. The van der Waals surface area contributed by atoms with Gasteiger partial charge in [-0.05, 0) is 31.5 Å². The van der Waals surface area contributed by atoms with Gasteiger partial charge in [0.2, 0.25) is 0 Å². The number of likely N-dealkylation sites (N-methyl/N-ethyl adjacent to an activating group) is 1. The average Bonchev–Trinajstić information content (AvgIpc) is 2.39. The van der Waals surface area contributed by atoms with Gasteiger partial charge in [0.1, 0.15) is 0 Å². The largest absolute Gasteiger partial charge is 0.385 e. The van der Waals surface area contributed by atoms with Crippen molar-refractivity contribution < 1.29 is 0 Å². The molecule has 1 saturated heterocycles. The number of hydrogen-bond acceptors (Lipinski definition) is 3. The predicted molar refractivity (Wildman–Crippen MR) is 78.2 cm³/mol. The summed E-state index contributed by atoms with van der Waals surface area (Å²) in [6.07, 6.45) is 2.27. The van der Waals surface area contributed by atoms with E-state index < -0.39 is 0 Å². The molecule has 1 atom stereocenters. The minimum Gasteiger partial charge on any atom is -0.385 e. The van der Waals surface area contributed by atoms with Crippen molar-refractivity contribution in [3.05, 3.63) is 29.8 Å². The van der Waals surface area contributed by atoms with Gasteiger partial charge in [-0.15, -0.1) is 0 Å². The van der Waals surface area contributed by atoms with Gasteiger partial charge < -0.3 is 15.5 Å². The summed E-state index contributed by atoms with van der Waals surface area (Å²) < 4.78 is 0. The number of piperazine rings is 1. The van der Waals surface area contributed by atoms with E-state index in [0.29, 0.717) is 6.04 Å². The zero-order valence-corrected chi connectivity index (χ0v) is 11.6. The molecule has 3 heteroatoms. The van der Waals surface area contributed by atoms with Crippen LogP contribution in [0, 0.1) is 0 Å². The molecular weight excluding hydrogens is 222 g/mol. The van der Waals surface area contributed by atoms with Gasteiger partial charge in [0.05, 0.1) is 0 Å². The summed E-state index contributed by atoms with van der Waals surface area (Å²) in [6, 6.07) is 9.23. The summed E-state index contributed by atoms with van der Waals surface area (Å²) in [6.45, 7) is 6.70. The molecule has 0 aliphatic carbocycles. The Bertz CT molecular complexity index is 365. The lowest BCUT2D eigenvalue weighted by Crippen LogP contribution is -2.49. The van der Waals surface area contributed by atoms with Crippen LogP contribution < -0.4 is 10.6 Å². The first kappa shape index (κ1) is 13.4. The Hall–Kier alpha value is -1.06. The van der Waals surface area contributed by atoms with Crippen LogP contribution in [0.5, 0.6) is 0 Å². The summed E-state index contributed by atoms with van der Waals surface area (Å²) >= 11 is 0. The Morgan fingerprint density at radius 3 is 3.00 bits per heavy atom. The monoisotopic (exact) mass is 247 g/mol. The molecule has 1 aliphatic heterocycles. The number of rotatable bonds is 5. The molecule has 100 valence electrons. The van der Waals surface area contributed by atoms with Crippen molar-refractivity contribution in [1.29, 1.82) is 0 Å². The number of para-hydroxylation sites is 1. The minimum atomic E-state index is 0.630. The lowest BCUT2D eigenvalue weighted by atomic mass is 10.1. The van der Waals surface area contributed by atoms with Gasteiger partial charge in [-0.3, -0.25) is 0 Å². The van der Waals surface area contributed by atoms with E-state index >= 15 is 0 Å². The molecule has 2 rings (SSSR count). The van der Waals surface area contributed by atoms with Crippen LogP contribution in [-0.2, 0) is 6.42 Å². The third-order valence-electron chi connectivity index (χ3n) is 3.67.